The first-order chi connectivity index (χ1) is 15.6. The topological polar surface area (TPSA) is 62.2 Å². The molecule has 0 bridgehead atoms. The molecule has 0 unspecified atom stereocenters. The molecule has 4 rings (SSSR count). The fourth-order valence-corrected chi connectivity index (χ4v) is 4.51. The lowest BCUT2D eigenvalue weighted by atomic mass is 10.0. The van der Waals surface area contributed by atoms with Gasteiger partial charge in [0.2, 0.25) is 0 Å². The van der Waals surface area contributed by atoms with Crippen LogP contribution in [0.4, 0.5) is 0 Å². The van der Waals surface area contributed by atoms with Gasteiger partial charge in [-0.15, -0.1) is 0 Å². The number of likely N-dealkylation sites (tertiary alicyclic amines) is 1. The van der Waals surface area contributed by atoms with Crippen molar-refractivity contribution in [1.29, 1.82) is 0 Å². The van der Waals surface area contributed by atoms with Gasteiger partial charge in [-0.05, 0) is 49.7 Å². The number of rotatable bonds is 8. The molecule has 0 amide bonds. The predicted molar refractivity (Wildman–Crippen MR) is 124 cm³/mol. The number of methoxy groups -OCH3 is 4. The first-order valence-electron chi connectivity index (χ1n) is 10.8. The largest absolute Gasteiger partial charge is 0.497 e. The van der Waals surface area contributed by atoms with Crippen LogP contribution in [0, 0.1) is 0 Å². The average Bonchev–Trinajstić information content (AvgIpc) is 3.47. The zero-order valence-electron chi connectivity index (χ0n) is 19.1. The Balaban J connectivity index is 1.95. The molecule has 7 heteroatoms. The van der Waals surface area contributed by atoms with Crippen molar-refractivity contribution in [3.8, 4) is 28.4 Å². The van der Waals surface area contributed by atoms with Crippen LogP contribution in [0.5, 0.6) is 17.2 Å². The number of carbonyl (C=O) groups excluding carboxylic acids is 1. The van der Waals surface area contributed by atoms with E-state index >= 15 is 0 Å². The summed E-state index contributed by atoms with van der Waals surface area (Å²) in [5.41, 5.74) is 3.16. The van der Waals surface area contributed by atoms with Gasteiger partial charge in [0.25, 0.3) is 0 Å². The second-order valence-electron chi connectivity index (χ2n) is 7.87. The van der Waals surface area contributed by atoms with Gasteiger partial charge in [-0.25, -0.2) is 4.79 Å². The number of hydrogen-bond donors (Lipinski definition) is 0. The van der Waals surface area contributed by atoms with Gasteiger partial charge in [-0.2, -0.15) is 0 Å². The van der Waals surface area contributed by atoms with E-state index in [1.54, 1.807) is 21.3 Å². The summed E-state index contributed by atoms with van der Waals surface area (Å²) in [5.74, 6) is 1.62. The fourth-order valence-electron chi connectivity index (χ4n) is 4.51. The minimum absolute atomic E-state index is 0.369. The summed E-state index contributed by atoms with van der Waals surface area (Å²) in [6, 6.07) is 11.6. The Labute approximate surface area is 188 Å². The SMILES string of the molecule is COC(=O)c1c(-c2ccc(OC)cc2)c2cc(OC)c(OC)cc2n1CCN1CCCC1. The second kappa shape index (κ2) is 9.53. The lowest BCUT2D eigenvalue weighted by Crippen LogP contribution is -2.25. The monoisotopic (exact) mass is 438 g/mol. The van der Waals surface area contributed by atoms with Crippen LogP contribution in [0.3, 0.4) is 0 Å². The Hall–Kier alpha value is -3.19. The van der Waals surface area contributed by atoms with Gasteiger partial charge in [-0.3, -0.25) is 0 Å². The number of ether oxygens (including phenoxy) is 4. The van der Waals surface area contributed by atoms with Crippen molar-refractivity contribution in [3.63, 3.8) is 0 Å². The summed E-state index contributed by atoms with van der Waals surface area (Å²) < 4.78 is 23.8. The van der Waals surface area contributed by atoms with E-state index in [2.05, 4.69) is 9.47 Å². The number of aromatic nitrogens is 1. The van der Waals surface area contributed by atoms with Gasteiger partial charge >= 0.3 is 5.97 Å². The smallest absolute Gasteiger partial charge is 0.355 e. The van der Waals surface area contributed by atoms with E-state index in [9.17, 15) is 4.79 Å². The standard InChI is InChI=1S/C25H30N2O5/c1-29-18-9-7-17(8-10-18)23-19-15-21(30-2)22(31-3)16-20(19)27(24(23)25(28)32-4)14-13-26-11-5-6-12-26/h7-10,15-16H,5-6,11-14H2,1-4H3. The molecular formula is C25H30N2O5. The maximum atomic E-state index is 13.1. The molecule has 0 N–H and O–H groups in total. The zero-order valence-corrected chi connectivity index (χ0v) is 19.1. The third kappa shape index (κ3) is 4.00. The van der Waals surface area contributed by atoms with Gasteiger partial charge in [0.05, 0.1) is 34.0 Å². The molecule has 2 aromatic carbocycles. The summed E-state index contributed by atoms with van der Waals surface area (Å²) in [6.07, 6.45) is 2.44. The van der Waals surface area contributed by atoms with Crippen molar-refractivity contribution < 1.29 is 23.7 Å². The molecule has 1 saturated heterocycles. The predicted octanol–water partition coefficient (Wildman–Crippen LogP) is 4.22. The molecule has 7 nitrogen and oxygen atoms in total. The van der Waals surface area contributed by atoms with Gasteiger partial charge in [-0.1, -0.05) is 12.1 Å². The molecule has 0 spiro atoms. The van der Waals surface area contributed by atoms with Crippen molar-refractivity contribution in [2.75, 3.05) is 48.1 Å². The Morgan fingerprint density at radius 2 is 1.53 bits per heavy atom. The maximum absolute atomic E-state index is 13.1. The quantitative estimate of drug-likeness (QED) is 0.491. The molecule has 0 atom stereocenters. The molecule has 0 aliphatic carbocycles. The zero-order chi connectivity index (χ0) is 22.7. The van der Waals surface area contributed by atoms with E-state index in [1.807, 2.05) is 36.4 Å². The van der Waals surface area contributed by atoms with Crippen LogP contribution in [0.25, 0.3) is 22.0 Å². The first-order valence-corrected chi connectivity index (χ1v) is 10.8. The van der Waals surface area contributed by atoms with Crippen LogP contribution in [0.1, 0.15) is 23.3 Å². The van der Waals surface area contributed by atoms with E-state index < -0.39 is 0 Å². The van der Waals surface area contributed by atoms with E-state index in [1.165, 1.54) is 20.0 Å². The number of nitrogens with zero attached hydrogens (tertiary/aromatic N) is 2. The van der Waals surface area contributed by atoms with Crippen molar-refractivity contribution in [3.05, 3.63) is 42.1 Å². The highest BCUT2D eigenvalue weighted by atomic mass is 16.5. The molecule has 3 aromatic rings. The highest BCUT2D eigenvalue weighted by Gasteiger charge is 2.27. The van der Waals surface area contributed by atoms with E-state index in [0.29, 0.717) is 23.7 Å². The average molecular weight is 439 g/mol. The summed E-state index contributed by atoms with van der Waals surface area (Å²) in [5, 5.41) is 0.912. The molecule has 170 valence electrons. The highest BCUT2D eigenvalue weighted by molar-refractivity contribution is 6.09. The first kappa shape index (κ1) is 22.0. The van der Waals surface area contributed by atoms with E-state index in [4.69, 9.17) is 18.9 Å². The van der Waals surface area contributed by atoms with E-state index in [0.717, 1.165) is 47.4 Å². The summed E-state index contributed by atoms with van der Waals surface area (Å²) in [4.78, 5) is 15.5. The lowest BCUT2D eigenvalue weighted by molar-refractivity contribution is 0.0589. The van der Waals surface area contributed by atoms with E-state index in [-0.39, 0.29) is 5.97 Å². The Morgan fingerprint density at radius 3 is 2.12 bits per heavy atom. The van der Waals surface area contributed by atoms with Crippen molar-refractivity contribution in [2.45, 2.75) is 19.4 Å². The van der Waals surface area contributed by atoms with Crippen LogP contribution < -0.4 is 14.2 Å². The fraction of sp³-hybridized carbons (Fsp3) is 0.400. The minimum atomic E-state index is -0.369. The molecular weight excluding hydrogens is 408 g/mol. The highest BCUT2D eigenvalue weighted by Crippen LogP contribution is 2.41. The number of carbonyl (C=O) groups is 1. The molecule has 2 heterocycles. The molecule has 1 aliphatic rings. The minimum Gasteiger partial charge on any atom is -0.497 e. The molecule has 0 saturated carbocycles. The number of fused-ring (bicyclic) bond motifs is 1. The summed E-state index contributed by atoms with van der Waals surface area (Å²) in [6.45, 7) is 3.72. The van der Waals surface area contributed by atoms with Crippen molar-refractivity contribution >= 4 is 16.9 Å². The summed E-state index contributed by atoms with van der Waals surface area (Å²) >= 11 is 0. The van der Waals surface area contributed by atoms with Crippen molar-refractivity contribution in [1.82, 2.24) is 9.47 Å². The van der Waals surface area contributed by atoms with Crippen LogP contribution in [-0.4, -0.2) is 63.5 Å². The molecule has 32 heavy (non-hydrogen) atoms. The number of hydrogen-bond acceptors (Lipinski definition) is 6. The summed E-state index contributed by atoms with van der Waals surface area (Å²) in [7, 11) is 6.29. The lowest BCUT2D eigenvalue weighted by Gasteiger charge is -2.17. The Morgan fingerprint density at radius 1 is 0.875 bits per heavy atom. The Kier molecular flexibility index (Phi) is 6.55. The molecule has 0 radical (unpaired) electrons. The van der Waals surface area contributed by atoms with Crippen LogP contribution in [0.2, 0.25) is 0 Å². The van der Waals surface area contributed by atoms with Gasteiger partial charge < -0.3 is 28.4 Å². The van der Waals surface area contributed by atoms with Crippen LogP contribution in [-0.2, 0) is 11.3 Å². The molecule has 1 fully saturated rings. The van der Waals surface area contributed by atoms with Crippen LogP contribution in [0.15, 0.2) is 36.4 Å². The third-order valence-corrected chi connectivity index (χ3v) is 6.16. The van der Waals surface area contributed by atoms with Gasteiger partial charge in [0.15, 0.2) is 11.5 Å². The Bertz CT molecular complexity index is 1100. The molecule has 1 aliphatic heterocycles. The number of esters is 1. The van der Waals surface area contributed by atoms with Gasteiger partial charge in [0.1, 0.15) is 11.4 Å². The third-order valence-electron chi connectivity index (χ3n) is 6.16. The maximum Gasteiger partial charge on any atom is 0.355 e. The second-order valence-corrected chi connectivity index (χ2v) is 7.87. The number of benzene rings is 2. The van der Waals surface area contributed by atoms with Gasteiger partial charge in [0, 0.05) is 30.1 Å². The molecule has 1 aromatic heterocycles. The van der Waals surface area contributed by atoms with Crippen LogP contribution >= 0.6 is 0 Å². The normalized spacial score (nSPS) is 14.0. The van der Waals surface area contributed by atoms with Crippen molar-refractivity contribution in [2.24, 2.45) is 0 Å².